The number of nitrogens with zero attached hydrogens (tertiary/aromatic N) is 4. The first-order valence-electron chi connectivity index (χ1n) is 9.45. The summed E-state index contributed by atoms with van der Waals surface area (Å²) in [5, 5.41) is 7.08. The van der Waals surface area contributed by atoms with Crippen molar-refractivity contribution in [2.75, 3.05) is 11.9 Å². The largest absolute Gasteiger partial charge is 0.361 e. The van der Waals surface area contributed by atoms with Crippen LogP contribution in [0.1, 0.15) is 41.9 Å². The molecule has 1 atom stereocenters. The first-order chi connectivity index (χ1) is 13.3. The van der Waals surface area contributed by atoms with Crippen LogP contribution in [-0.4, -0.2) is 26.5 Å². The Bertz CT molecular complexity index is 925. The van der Waals surface area contributed by atoms with E-state index >= 15 is 0 Å². The summed E-state index contributed by atoms with van der Waals surface area (Å²) >= 11 is 0. The number of hydrogen-bond donors (Lipinski definition) is 2. The lowest BCUT2D eigenvalue weighted by molar-refractivity contribution is 0.621. The lowest BCUT2D eigenvalue weighted by Gasteiger charge is -2.24. The molecule has 0 aliphatic carbocycles. The van der Waals surface area contributed by atoms with Gasteiger partial charge in [-0.1, -0.05) is 13.0 Å². The predicted octanol–water partition coefficient (Wildman–Crippen LogP) is 3.45. The molecule has 0 radical (unpaired) electrons. The van der Waals surface area contributed by atoms with E-state index in [1.807, 2.05) is 24.4 Å². The molecule has 0 aromatic carbocycles. The molecule has 0 saturated heterocycles. The van der Waals surface area contributed by atoms with Gasteiger partial charge in [-0.25, -0.2) is 9.97 Å². The minimum atomic E-state index is 0.116. The molecule has 0 fully saturated rings. The van der Waals surface area contributed by atoms with E-state index in [2.05, 4.69) is 40.5 Å². The molecule has 0 spiro atoms. The van der Waals surface area contributed by atoms with Gasteiger partial charge in [0.15, 0.2) is 5.82 Å². The van der Waals surface area contributed by atoms with E-state index in [4.69, 9.17) is 9.97 Å². The van der Waals surface area contributed by atoms with Crippen molar-refractivity contribution in [3.63, 3.8) is 0 Å². The minimum absolute atomic E-state index is 0.116. The zero-order chi connectivity index (χ0) is 18.6. The van der Waals surface area contributed by atoms with Crippen LogP contribution >= 0.6 is 0 Å². The number of rotatable bonds is 5. The smallest absolute Gasteiger partial charge is 0.161 e. The van der Waals surface area contributed by atoms with Gasteiger partial charge in [0.1, 0.15) is 5.82 Å². The molecule has 3 aromatic heterocycles. The Morgan fingerprint density at radius 2 is 2.00 bits per heavy atom. The standard InChI is InChI=1S/C21H24N6/c1-3-17(19-14(2)5-4-9-24-19)25-21-16-8-12-23-13-18(16)26-20(27-21)15-6-10-22-11-7-15/h4-7,9-11,17,23H,3,8,12-13H2,1-2H3,(H,25,26,27)/t17-/m1/s1. The molecule has 0 amide bonds. The van der Waals surface area contributed by atoms with Crippen molar-refractivity contribution in [3.8, 4) is 11.4 Å². The SMILES string of the molecule is CC[C@@H](Nc1nc(-c2ccncc2)nc2c1CCNC2)c1ncccc1C. The summed E-state index contributed by atoms with van der Waals surface area (Å²) in [5.41, 5.74) is 5.52. The summed E-state index contributed by atoms with van der Waals surface area (Å²) in [6.07, 6.45) is 7.25. The van der Waals surface area contributed by atoms with E-state index in [-0.39, 0.29) is 6.04 Å². The molecular weight excluding hydrogens is 336 g/mol. The molecule has 1 aliphatic rings. The second kappa shape index (κ2) is 7.80. The summed E-state index contributed by atoms with van der Waals surface area (Å²) in [4.78, 5) is 18.4. The third-order valence-corrected chi connectivity index (χ3v) is 4.97. The summed E-state index contributed by atoms with van der Waals surface area (Å²) in [5.74, 6) is 1.65. The zero-order valence-electron chi connectivity index (χ0n) is 15.7. The van der Waals surface area contributed by atoms with E-state index < -0.39 is 0 Å². The van der Waals surface area contributed by atoms with Crippen LogP contribution in [0.5, 0.6) is 0 Å². The maximum absolute atomic E-state index is 4.89. The molecule has 27 heavy (non-hydrogen) atoms. The van der Waals surface area contributed by atoms with E-state index in [0.29, 0.717) is 0 Å². The molecule has 1 aliphatic heterocycles. The van der Waals surface area contributed by atoms with Crippen molar-refractivity contribution in [1.82, 2.24) is 25.3 Å². The number of aromatic nitrogens is 4. The van der Waals surface area contributed by atoms with E-state index in [1.165, 1.54) is 11.1 Å². The molecule has 4 rings (SSSR count). The van der Waals surface area contributed by atoms with Crippen molar-refractivity contribution in [1.29, 1.82) is 0 Å². The molecule has 3 aromatic rings. The van der Waals surface area contributed by atoms with Gasteiger partial charge in [0.2, 0.25) is 0 Å². The maximum atomic E-state index is 4.89. The summed E-state index contributed by atoms with van der Waals surface area (Å²) in [6.45, 7) is 5.99. The fraction of sp³-hybridized carbons (Fsp3) is 0.333. The number of nitrogens with one attached hydrogen (secondary N) is 2. The summed E-state index contributed by atoms with van der Waals surface area (Å²) in [7, 11) is 0. The fourth-order valence-electron chi connectivity index (χ4n) is 3.50. The summed E-state index contributed by atoms with van der Waals surface area (Å²) in [6, 6.07) is 8.09. The normalized spacial score (nSPS) is 14.4. The molecule has 0 bridgehead atoms. The number of pyridine rings is 2. The van der Waals surface area contributed by atoms with Crippen molar-refractivity contribution < 1.29 is 0 Å². The molecule has 6 nitrogen and oxygen atoms in total. The van der Waals surface area contributed by atoms with Crippen LogP contribution in [0, 0.1) is 6.92 Å². The Morgan fingerprint density at radius 3 is 2.78 bits per heavy atom. The Labute approximate surface area is 159 Å². The van der Waals surface area contributed by atoms with Crippen LogP contribution in [0.25, 0.3) is 11.4 Å². The lowest BCUT2D eigenvalue weighted by Crippen LogP contribution is -2.27. The zero-order valence-corrected chi connectivity index (χ0v) is 15.7. The Morgan fingerprint density at radius 1 is 1.15 bits per heavy atom. The average Bonchev–Trinajstić information content (AvgIpc) is 2.73. The van der Waals surface area contributed by atoms with Gasteiger partial charge in [-0.2, -0.15) is 0 Å². The van der Waals surface area contributed by atoms with Gasteiger partial charge < -0.3 is 10.6 Å². The molecule has 138 valence electrons. The van der Waals surface area contributed by atoms with Gasteiger partial charge in [0.05, 0.1) is 17.4 Å². The first-order valence-corrected chi connectivity index (χ1v) is 9.45. The third-order valence-electron chi connectivity index (χ3n) is 4.97. The second-order valence-corrected chi connectivity index (χ2v) is 6.79. The van der Waals surface area contributed by atoms with Crippen molar-refractivity contribution in [2.24, 2.45) is 0 Å². The number of hydrogen-bond acceptors (Lipinski definition) is 6. The van der Waals surface area contributed by atoms with Gasteiger partial charge >= 0.3 is 0 Å². The predicted molar refractivity (Wildman–Crippen MR) is 106 cm³/mol. The van der Waals surface area contributed by atoms with Crippen LogP contribution in [0.3, 0.4) is 0 Å². The average molecular weight is 360 g/mol. The highest BCUT2D eigenvalue weighted by Gasteiger charge is 2.21. The van der Waals surface area contributed by atoms with Gasteiger partial charge in [-0.05, 0) is 50.1 Å². The highest BCUT2D eigenvalue weighted by molar-refractivity contribution is 5.60. The lowest BCUT2D eigenvalue weighted by atomic mass is 10.0. The van der Waals surface area contributed by atoms with Crippen molar-refractivity contribution >= 4 is 5.82 Å². The van der Waals surface area contributed by atoms with Crippen LogP contribution < -0.4 is 10.6 Å². The van der Waals surface area contributed by atoms with Crippen LogP contribution in [0.4, 0.5) is 5.82 Å². The Kier molecular flexibility index (Phi) is 5.07. The van der Waals surface area contributed by atoms with Crippen LogP contribution in [0.2, 0.25) is 0 Å². The van der Waals surface area contributed by atoms with Crippen molar-refractivity contribution in [2.45, 2.75) is 39.3 Å². The van der Waals surface area contributed by atoms with Gasteiger partial charge in [-0.3, -0.25) is 9.97 Å². The molecular formula is C21H24N6. The number of fused-ring (bicyclic) bond motifs is 1. The monoisotopic (exact) mass is 360 g/mol. The van der Waals surface area contributed by atoms with E-state index in [1.54, 1.807) is 12.4 Å². The van der Waals surface area contributed by atoms with E-state index in [0.717, 1.165) is 54.5 Å². The van der Waals surface area contributed by atoms with Gasteiger partial charge in [0.25, 0.3) is 0 Å². The van der Waals surface area contributed by atoms with Gasteiger partial charge in [-0.15, -0.1) is 0 Å². The molecule has 0 unspecified atom stereocenters. The second-order valence-electron chi connectivity index (χ2n) is 6.79. The maximum Gasteiger partial charge on any atom is 0.161 e. The number of anilines is 1. The first kappa shape index (κ1) is 17.5. The fourth-order valence-corrected chi connectivity index (χ4v) is 3.50. The third kappa shape index (κ3) is 3.66. The summed E-state index contributed by atoms with van der Waals surface area (Å²) < 4.78 is 0. The molecule has 4 heterocycles. The molecule has 2 N–H and O–H groups in total. The molecule has 0 saturated carbocycles. The van der Waals surface area contributed by atoms with E-state index in [9.17, 15) is 0 Å². The quantitative estimate of drug-likeness (QED) is 0.726. The van der Waals surface area contributed by atoms with Crippen LogP contribution in [-0.2, 0) is 13.0 Å². The highest BCUT2D eigenvalue weighted by atomic mass is 15.1. The minimum Gasteiger partial charge on any atom is -0.361 e. The van der Waals surface area contributed by atoms with Gasteiger partial charge in [0, 0.05) is 36.3 Å². The highest BCUT2D eigenvalue weighted by Crippen LogP contribution is 2.29. The van der Waals surface area contributed by atoms with Crippen LogP contribution in [0.15, 0.2) is 42.9 Å². The number of aryl methyl sites for hydroxylation is 1. The topological polar surface area (TPSA) is 75.6 Å². The Hall–Kier alpha value is -2.86. The molecule has 6 heteroatoms. The van der Waals surface area contributed by atoms with Crippen molar-refractivity contribution in [3.05, 3.63) is 65.4 Å². The Balaban J connectivity index is 1.75.